The average molecular weight is 261 g/mol. The Morgan fingerprint density at radius 3 is 2.00 bits per heavy atom. The predicted molar refractivity (Wildman–Crippen MR) is 75.0 cm³/mol. The Morgan fingerprint density at radius 1 is 1.21 bits per heavy atom. The summed E-state index contributed by atoms with van der Waals surface area (Å²) in [5, 5.41) is 9.10. The number of primary amides is 1. The molecule has 0 saturated heterocycles. The molecule has 4 heteroatoms. The van der Waals surface area contributed by atoms with Crippen LogP contribution in [0.1, 0.15) is 47.8 Å². The molecule has 1 aromatic rings. The van der Waals surface area contributed by atoms with Crippen molar-refractivity contribution in [3.63, 3.8) is 0 Å². The molecule has 0 unspecified atom stereocenters. The van der Waals surface area contributed by atoms with Crippen LogP contribution >= 0.6 is 0 Å². The first kappa shape index (κ1) is 15.0. The minimum atomic E-state index is -0.938. The van der Waals surface area contributed by atoms with Crippen molar-refractivity contribution in [3.8, 4) is 0 Å². The van der Waals surface area contributed by atoms with Gasteiger partial charge in [0, 0.05) is 5.57 Å². The van der Waals surface area contributed by atoms with Gasteiger partial charge in [-0.3, -0.25) is 4.79 Å². The van der Waals surface area contributed by atoms with Gasteiger partial charge in [0.05, 0.1) is 5.56 Å². The van der Waals surface area contributed by atoms with E-state index in [1.807, 2.05) is 13.8 Å². The summed E-state index contributed by atoms with van der Waals surface area (Å²) < 4.78 is 0. The molecule has 1 aromatic carbocycles. The molecule has 0 aliphatic heterocycles. The lowest BCUT2D eigenvalue weighted by Gasteiger charge is -2.12. The number of carboxylic acids is 1. The highest BCUT2D eigenvalue weighted by Gasteiger charge is 2.12. The number of hydrogen-bond donors (Lipinski definition) is 2. The molecule has 1 rings (SSSR count). The number of benzene rings is 1. The third-order valence-corrected chi connectivity index (χ3v) is 3.11. The normalized spacial score (nSPS) is 11.4. The quantitative estimate of drug-likeness (QED) is 0.799. The molecule has 0 atom stereocenters. The van der Waals surface area contributed by atoms with Crippen LogP contribution < -0.4 is 5.73 Å². The molecule has 4 nitrogen and oxygen atoms in total. The second-order valence-corrected chi connectivity index (χ2v) is 4.41. The van der Waals surface area contributed by atoms with Crippen LogP contribution in [0.2, 0.25) is 0 Å². The molecule has 3 N–H and O–H groups in total. The number of carbonyl (C=O) groups is 2. The van der Waals surface area contributed by atoms with Crippen LogP contribution in [0.25, 0.3) is 6.08 Å². The summed E-state index contributed by atoms with van der Waals surface area (Å²) in [5.41, 5.74) is 8.73. The Morgan fingerprint density at radius 2 is 1.68 bits per heavy atom. The van der Waals surface area contributed by atoms with Crippen LogP contribution in [-0.2, 0) is 17.6 Å². The monoisotopic (exact) mass is 261 g/mol. The number of aryl methyl sites for hydroxylation is 2. The molecule has 0 aliphatic carbocycles. The number of amides is 1. The maximum atomic E-state index is 11.1. The van der Waals surface area contributed by atoms with Crippen molar-refractivity contribution in [1.29, 1.82) is 0 Å². The smallest absolute Gasteiger partial charge is 0.335 e. The standard InChI is InChI=1S/C15H19NO3/c1-4-10-7-12(15(18)19)8-11(5-2)13(10)6-9(3)14(16)17/h6-8H,4-5H2,1-3H3,(H2,16,17)(H,18,19). The summed E-state index contributed by atoms with van der Waals surface area (Å²) in [6, 6.07) is 3.31. The molecule has 0 spiro atoms. The Balaban J connectivity index is 3.49. The molecular weight excluding hydrogens is 242 g/mol. The zero-order valence-electron chi connectivity index (χ0n) is 11.5. The van der Waals surface area contributed by atoms with Crippen molar-refractivity contribution in [2.75, 3.05) is 0 Å². The van der Waals surface area contributed by atoms with E-state index in [0.717, 1.165) is 16.7 Å². The summed E-state index contributed by atoms with van der Waals surface area (Å²) in [4.78, 5) is 22.2. The van der Waals surface area contributed by atoms with E-state index < -0.39 is 11.9 Å². The second-order valence-electron chi connectivity index (χ2n) is 4.41. The van der Waals surface area contributed by atoms with Crippen LogP contribution in [-0.4, -0.2) is 17.0 Å². The van der Waals surface area contributed by atoms with Crippen molar-refractivity contribution in [3.05, 3.63) is 40.0 Å². The van der Waals surface area contributed by atoms with Crippen molar-refractivity contribution >= 4 is 18.0 Å². The number of hydrogen-bond acceptors (Lipinski definition) is 2. The molecule has 1 amide bonds. The van der Waals surface area contributed by atoms with Gasteiger partial charge in [0.1, 0.15) is 0 Å². The van der Waals surface area contributed by atoms with E-state index in [0.29, 0.717) is 18.4 Å². The van der Waals surface area contributed by atoms with Gasteiger partial charge < -0.3 is 10.8 Å². The highest BCUT2D eigenvalue weighted by Crippen LogP contribution is 2.22. The van der Waals surface area contributed by atoms with Crippen LogP contribution in [0.5, 0.6) is 0 Å². The molecule has 0 fully saturated rings. The molecule has 0 saturated carbocycles. The molecule has 0 aliphatic rings. The molecule has 102 valence electrons. The summed E-state index contributed by atoms with van der Waals surface area (Å²) in [7, 11) is 0. The third-order valence-electron chi connectivity index (χ3n) is 3.11. The van der Waals surface area contributed by atoms with Crippen molar-refractivity contribution in [1.82, 2.24) is 0 Å². The summed E-state index contributed by atoms with van der Waals surface area (Å²) in [5.74, 6) is -1.40. The van der Waals surface area contributed by atoms with Crippen LogP contribution in [0.3, 0.4) is 0 Å². The lowest BCUT2D eigenvalue weighted by atomic mass is 9.93. The van der Waals surface area contributed by atoms with E-state index in [1.54, 1.807) is 25.1 Å². The van der Waals surface area contributed by atoms with Crippen LogP contribution in [0, 0.1) is 0 Å². The lowest BCUT2D eigenvalue weighted by molar-refractivity contribution is -0.114. The summed E-state index contributed by atoms with van der Waals surface area (Å²) >= 11 is 0. The summed E-state index contributed by atoms with van der Waals surface area (Å²) in [6.07, 6.45) is 3.14. The van der Waals surface area contributed by atoms with Gasteiger partial charge >= 0.3 is 5.97 Å². The van der Waals surface area contributed by atoms with Gasteiger partial charge in [0.25, 0.3) is 0 Å². The van der Waals surface area contributed by atoms with E-state index >= 15 is 0 Å². The van der Waals surface area contributed by atoms with E-state index in [2.05, 4.69) is 0 Å². The van der Waals surface area contributed by atoms with E-state index in [1.165, 1.54) is 0 Å². The highest BCUT2D eigenvalue weighted by molar-refractivity contribution is 5.96. The zero-order chi connectivity index (χ0) is 14.6. The molecule has 0 heterocycles. The van der Waals surface area contributed by atoms with Crippen molar-refractivity contribution in [2.45, 2.75) is 33.6 Å². The topological polar surface area (TPSA) is 80.4 Å². The average Bonchev–Trinajstić information content (AvgIpc) is 2.38. The molecule has 0 bridgehead atoms. The van der Waals surface area contributed by atoms with Crippen molar-refractivity contribution < 1.29 is 14.7 Å². The Bertz CT molecular complexity index is 519. The minimum Gasteiger partial charge on any atom is -0.478 e. The van der Waals surface area contributed by atoms with Gasteiger partial charge in [-0.15, -0.1) is 0 Å². The predicted octanol–water partition coefficient (Wildman–Crippen LogP) is 2.40. The van der Waals surface area contributed by atoms with Crippen molar-refractivity contribution in [2.24, 2.45) is 5.73 Å². The maximum Gasteiger partial charge on any atom is 0.335 e. The second kappa shape index (κ2) is 6.18. The van der Waals surface area contributed by atoms with Gasteiger partial charge in [0.2, 0.25) is 5.91 Å². The van der Waals surface area contributed by atoms with Gasteiger partial charge in [0.15, 0.2) is 0 Å². The molecule has 19 heavy (non-hydrogen) atoms. The molecule has 0 aromatic heterocycles. The first-order valence-electron chi connectivity index (χ1n) is 6.27. The Hall–Kier alpha value is -2.10. The van der Waals surface area contributed by atoms with Gasteiger partial charge in [-0.1, -0.05) is 13.8 Å². The van der Waals surface area contributed by atoms with Crippen LogP contribution in [0.4, 0.5) is 0 Å². The SMILES string of the molecule is CCc1cc(C(=O)O)cc(CC)c1C=C(C)C(N)=O. The lowest BCUT2D eigenvalue weighted by Crippen LogP contribution is -2.12. The first-order valence-corrected chi connectivity index (χ1v) is 6.27. The first-order chi connectivity index (χ1) is 8.90. The molecular formula is C15H19NO3. The minimum absolute atomic E-state index is 0.280. The zero-order valence-corrected chi connectivity index (χ0v) is 11.5. The van der Waals surface area contributed by atoms with Gasteiger partial charge in [-0.05, 0) is 54.7 Å². The number of carbonyl (C=O) groups excluding carboxylic acids is 1. The van der Waals surface area contributed by atoms with E-state index in [-0.39, 0.29) is 5.56 Å². The van der Waals surface area contributed by atoms with Gasteiger partial charge in [-0.25, -0.2) is 4.79 Å². The number of carboxylic acid groups (broad SMARTS) is 1. The fourth-order valence-electron chi connectivity index (χ4n) is 1.96. The Kier molecular flexibility index (Phi) is 4.87. The maximum absolute atomic E-state index is 11.1. The third kappa shape index (κ3) is 3.44. The summed E-state index contributed by atoms with van der Waals surface area (Å²) in [6.45, 7) is 5.57. The number of nitrogens with two attached hydrogens (primary N) is 1. The fraction of sp³-hybridized carbons (Fsp3) is 0.333. The van der Waals surface area contributed by atoms with Crippen LogP contribution in [0.15, 0.2) is 17.7 Å². The largest absolute Gasteiger partial charge is 0.478 e. The Labute approximate surface area is 112 Å². The van der Waals surface area contributed by atoms with E-state index in [4.69, 9.17) is 10.8 Å². The van der Waals surface area contributed by atoms with E-state index in [9.17, 15) is 9.59 Å². The number of rotatable bonds is 5. The fourth-order valence-corrected chi connectivity index (χ4v) is 1.96. The molecule has 0 radical (unpaired) electrons. The van der Waals surface area contributed by atoms with Gasteiger partial charge in [-0.2, -0.15) is 0 Å². The highest BCUT2D eigenvalue weighted by atomic mass is 16.4. The number of aromatic carboxylic acids is 1.